The Labute approximate surface area is 167 Å². The molecule has 0 aromatic heterocycles. The van der Waals surface area contributed by atoms with Crippen molar-refractivity contribution in [2.24, 2.45) is 0 Å². The molecule has 2 rings (SSSR count). The zero-order valence-corrected chi connectivity index (χ0v) is 17.2. The predicted octanol–water partition coefficient (Wildman–Crippen LogP) is 3.91. The van der Waals surface area contributed by atoms with E-state index in [0.717, 1.165) is 24.3 Å². The van der Waals surface area contributed by atoms with Crippen LogP contribution in [0.5, 0.6) is 0 Å². The van der Waals surface area contributed by atoms with E-state index >= 15 is 0 Å². The minimum atomic E-state index is -0.943. The topological polar surface area (TPSA) is 66.6 Å². The van der Waals surface area contributed by atoms with Gasteiger partial charge in [-0.05, 0) is 61.8 Å². The number of nitrogen functional groups attached to an aromatic ring is 1. The number of benzene rings is 2. The fourth-order valence-corrected chi connectivity index (χ4v) is 3.71. The van der Waals surface area contributed by atoms with Gasteiger partial charge in [-0.15, -0.1) is 0 Å². The summed E-state index contributed by atoms with van der Waals surface area (Å²) < 4.78 is 11.4. The lowest BCUT2D eigenvalue weighted by Gasteiger charge is -2.21. The number of rotatable bonds is 8. The fraction of sp³-hybridized carbons (Fsp3) is 0.368. The molecular weight excluding hydrogens is 391 g/mol. The van der Waals surface area contributed by atoms with E-state index in [2.05, 4.69) is 4.90 Å². The Morgan fingerprint density at radius 3 is 2.31 bits per heavy atom. The average molecular weight is 415 g/mol. The van der Waals surface area contributed by atoms with Gasteiger partial charge in [-0.25, -0.2) is 0 Å². The molecule has 2 atom stereocenters. The Morgan fingerprint density at radius 1 is 1.19 bits per heavy atom. The Hall–Kier alpha value is -1.11. The Kier molecular flexibility index (Phi) is 7.92. The van der Waals surface area contributed by atoms with Crippen molar-refractivity contribution in [3.8, 4) is 0 Å². The number of nitrogens with two attached hydrogens (primary N) is 1. The number of hydrogen-bond acceptors (Lipinski definition) is 4. The molecule has 142 valence electrons. The fourth-order valence-electron chi connectivity index (χ4n) is 2.69. The van der Waals surface area contributed by atoms with Crippen molar-refractivity contribution in [2.75, 3.05) is 32.1 Å². The van der Waals surface area contributed by atoms with Gasteiger partial charge in [-0.2, -0.15) is 0 Å². The summed E-state index contributed by atoms with van der Waals surface area (Å²) in [6, 6.07) is 11.2. The zero-order valence-electron chi connectivity index (χ0n) is 14.9. The second-order valence-corrected chi connectivity index (χ2v) is 8.57. The van der Waals surface area contributed by atoms with Crippen LogP contribution >= 0.6 is 23.2 Å². The van der Waals surface area contributed by atoms with Crippen LogP contribution in [0.1, 0.15) is 23.7 Å². The van der Waals surface area contributed by atoms with Crippen molar-refractivity contribution >= 4 is 39.7 Å². The first kappa shape index (κ1) is 21.2. The first-order chi connectivity index (χ1) is 12.3. The largest absolute Gasteiger partial charge is 0.396 e. The van der Waals surface area contributed by atoms with Crippen molar-refractivity contribution in [3.63, 3.8) is 0 Å². The SMILES string of the molecule is CN(CCCc1ccc(S(C)=O)cc1)CC(O)c1cc(Cl)c(N)c(Cl)c1. The molecule has 26 heavy (non-hydrogen) atoms. The van der Waals surface area contributed by atoms with Gasteiger partial charge in [0.2, 0.25) is 0 Å². The predicted molar refractivity (Wildman–Crippen MR) is 110 cm³/mol. The smallest absolute Gasteiger partial charge is 0.0917 e. The number of anilines is 1. The quantitative estimate of drug-likeness (QED) is 0.642. The molecule has 0 aliphatic rings. The molecule has 2 aromatic rings. The summed E-state index contributed by atoms with van der Waals surface area (Å²) in [5.74, 6) is 0. The monoisotopic (exact) mass is 414 g/mol. The maximum absolute atomic E-state index is 11.4. The highest BCUT2D eigenvalue weighted by molar-refractivity contribution is 7.84. The number of hydrogen-bond donors (Lipinski definition) is 2. The molecule has 4 nitrogen and oxygen atoms in total. The zero-order chi connectivity index (χ0) is 19.3. The lowest BCUT2D eigenvalue weighted by Crippen LogP contribution is -2.26. The van der Waals surface area contributed by atoms with E-state index in [1.807, 2.05) is 31.3 Å². The number of likely N-dealkylation sites (N-methyl/N-ethyl adjacent to an activating group) is 1. The summed E-state index contributed by atoms with van der Waals surface area (Å²) in [5.41, 5.74) is 7.93. The van der Waals surface area contributed by atoms with E-state index < -0.39 is 16.9 Å². The molecule has 3 N–H and O–H groups in total. The van der Waals surface area contributed by atoms with Gasteiger partial charge in [0.05, 0.1) is 21.8 Å². The van der Waals surface area contributed by atoms with Gasteiger partial charge in [0.1, 0.15) is 0 Å². The second-order valence-electron chi connectivity index (χ2n) is 6.38. The molecule has 0 aliphatic carbocycles. The number of halogens is 2. The summed E-state index contributed by atoms with van der Waals surface area (Å²) in [5, 5.41) is 11.1. The normalized spacial score (nSPS) is 13.8. The maximum atomic E-state index is 11.4. The van der Waals surface area contributed by atoms with E-state index in [9.17, 15) is 9.32 Å². The van der Waals surface area contributed by atoms with Gasteiger partial charge in [0.25, 0.3) is 0 Å². The Morgan fingerprint density at radius 2 is 1.77 bits per heavy atom. The molecule has 0 aliphatic heterocycles. The molecule has 0 heterocycles. The highest BCUT2D eigenvalue weighted by Gasteiger charge is 2.14. The second kappa shape index (κ2) is 9.72. The summed E-state index contributed by atoms with van der Waals surface area (Å²) in [7, 11) is 1.02. The molecule has 0 spiro atoms. The van der Waals surface area contributed by atoms with E-state index in [1.165, 1.54) is 5.56 Å². The van der Waals surface area contributed by atoms with Gasteiger partial charge in [-0.1, -0.05) is 35.3 Å². The van der Waals surface area contributed by atoms with Crippen molar-refractivity contribution in [2.45, 2.75) is 23.8 Å². The lowest BCUT2D eigenvalue weighted by molar-refractivity contribution is 0.126. The van der Waals surface area contributed by atoms with Gasteiger partial charge in [-0.3, -0.25) is 4.21 Å². The van der Waals surface area contributed by atoms with Crippen LogP contribution in [-0.4, -0.2) is 40.6 Å². The maximum Gasteiger partial charge on any atom is 0.0917 e. The Bertz CT molecular complexity index is 746. The van der Waals surface area contributed by atoms with Gasteiger partial charge < -0.3 is 15.7 Å². The van der Waals surface area contributed by atoms with Crippen LogP contribution < -0.4 is 5.73 Å². The highest BCUT2D eigenvalue weighted by atomic mass is 35.5. The van der Waals surface area contributed by atoms with Crippen LogP contribution in [0.15, 0.2) is 41.3 Å². The Balaban J connectivity index is 1.82. The lowest BCUT2D eigenvalue weighted by atomic mass is 10.1. The van der Waals surface area contributed by atoms with Crippen LogP contribution in [0.25, 0.3) is 0 Å². The van der Waals surface area contributed by atoms with Gasteiger partial charge >= 0.3 is 0 Å². The van der Waals surface area contributed by atoms with Crippen LogP contribution in [0, 0.1) is 0 Å². The molecule has 0 radical (unpaired) electrons. The van der Waals surface area contributed by atoms with E-state index in [1.54, 1.807) is 18.4 Å². The molecule has 2 aromatic carbocycles. The third-order valence-corrected chi connectivity index (χ3v) is 5.79. The summed E-state index contributed by atoms with van der Waals surface area (Å²) in [6.45, 7) is 1.32. The minimum Gasteiger partial charge on any atom is -0.396 e. The molecule has 0 saturated heterocycles. The summed E-state index contributed by atoms with van der Waals surface area (Å²) in [4.78, 5) is 2.91. The standard InChI is InChI=1S/C19H24Cl2N2O2S/c1-23(9-3-4-13-5-7-15(8-6-13)26(2)25)12-18(24)14-10-16(20)19(22)17(21)11-14/h5-8,10-11,18,24H,3-4,9,12,22H2,1-2H3. The molecule has 0 fully saturated rings. The molecule has 0 bridgehead atoms. The van der Waals surface area contributed by atoms with E-state index in [0.29, 0.717) is 27.8 Å². The van der Waals surface area contributed by atoms with Crippen molar-refractivity contribution in [3.05, 3.63) is 57.6 Å². The van der Waals surface area contributed by atoms with Crippen molar-refractivity contribution in [1.29, 1.82) is 0 Å². The van der Waals surface area contributed by atoms with E-state index in [4.69, 9.17) is 28.9 Å². The van der Waals surface area contributed by atoms with Crippen molar-refractivity contribution in [1.82, 2.24) is 4.90 Å². The third kappa shape index (κ3) is 5.96. The number of aliphatic hydroxyl groups excluding tert-OH is 1. The van der Waals surface area contributed by atoms with Crippen molar-refractivity contribution < 1.29 is 9.32 Å². The van der Waals surface area contributed by atoms with Gasteiger partial charge in [0.15, 0.2) is 0 Å². The number of nitrogens with zero attached hydrogens (tertiary/aromatic N) is 1. The minimum absolute atomic E-state index is 0.329. The van der Waals surface area contributed by atoms with Crippen LogP contribution in [0.3, 0.4) is 0 Å². The third-order valence-electron chi connectivity index (χ3n) is 4.23. The summed E-state index contributed by atoms with van der Waals surface area (Å²) in [6.07, 6.45) is 2.88. The van der Waals surface area contributed by atoms with Crippen LogP contribution in [-0.2, 0) is 17.2 Å². The molecule has 0 amide bonds. The van der Waals surface area contributed by atoms with Gasteiger partial charge in [0, 0.05) is 28.5 Å². The van der Waals surface area contributed by atoms with Crippen LogP contribution in [0.2, 0.25) is 10.0 Å². The molecule has 2 unspecified atom stereocenters. The highest BCUT2D eigenvalue weighted by Crippen LogP contribution is 2.31. The van der Waals surface area contributed by atoms with E-state index in [-0.39, 0.29) is 0 Å². The molecule has 0 saturated carbocycles. The molecule has 7 heteroatoms. The summed E-state index contributed by atoms with van der Waals surface area (Å²) >= 11 is 12.1. The first-order valence-electron chi connectivity index (χ1n) is 8.31. The average Bonchev–Trinajstić information content (AvgIpc) is 2.59. The molecular formula is C19H24Cl2N2O2S. The number of aryl methyl sites for hydroxylation is 1. The number of aliphatic hydroxyl groups is 1. The van der Waals surface area contributed by atoms with Crippen LogP contribution in [0.4, 0.5) is 5.69 Å². The first-order valence-corrected chi connectivity index (χ1v) is 10.6.